The summed E-state index contributed by atoms with van der Waals surface area (Å²) in [5.41, 5.74) is 9.45. The van der Waals surface area contributed by atoms with Crippen molar-refractivity contribution in [2.75, 3.05) is 13.2 Å². The lowest BCUT2D eigenvalue weighted by Gasteiger charge is -2.36. The van der Waals surface area contributed by atoms with Crippen molar-refractivity contribution in [3.8, 4) is 0 Å². The predicted octanol–water partition coefficient (Wildman–Crippen LogP) is 4.90. The van der Waals surface area contributed by atoms with Gasteiger partial charge >= 0.3 is 0 Å². The Morgan fingerprint density at radius 2 is 1.15 bits per heavy atom. The number of benzene rings is 3. The zero-order chi connectivity index (χ0) is 18.2. The Morgan fingerprint density at radius 1 is 0.769 bits per heavy atom. The minimum atomic E-state index is -0.673. The lowest BCUT2D eigenvalue weighted by atomic mass is 9.80. The Hall–Kier alpha value is -2.68. The van der Waals surface area contributed by atoms with Crippen molar-refractivity contribution in [2.24, 2.45) is 5.73 Å². The van der Waals surface area contributed by atoms with Gasteiger partial charge in [0, 0.05) is 6.54 Å². The molecule has 2 heteroatoms. The fourth-order valence-electron chi connectivity index (χ4n) is 3.25. The Labute approximate surface area is 155 Å². The maximum atomic E-state index is 6.68. The van der Waals surface area contributed by atoms with Gasteiger partial charge in [0.1, 0.15) is 5.60 Å². The molecule has 0 saturated carbocycles. The third kappa shape index (κ3) is 3.77. The summed E-state index contributed by atoms with van der Waals surface area (Å²) in [6, 6.07) is 31.2. The maximum absolute atomic E-state index is 6.68. The molecular formula is C24H25NO. The summed E-state index contributed by atoms with van der Waals surface area (Å²) in [7, 11) is 0. The standard InChI is InChI=1S/C24H25NO/c1-20(17-18-25)19-26-24(21-11-5-2-6-12-21,22-13-7-3-8-14-22)23-15-9-4-10-16-23/h2-17H,18-19,25H2,1H3/b20-17+. The van der Waals surface area contributed by atoms with Crippen molar-refractivity contribution in [1.82, 2.24) is 0 Å². The fourth-order valence-corrected chi connectivity index (χ4v) is 3.25. The molecule has 0 aliphatic heterocycles. The Morgan fingerprint density at radius 3 is 1.50 bits per heavy atom. The van der Waals surface area contributed by atoms with E-state index in [1.165, 1.54) is 0 Å². The van der Waals surface area contributed by atoms with Gasteiger partial charge in [-0.25, -0.2) is 0 Å². The molecule has 3 aromatic carbocycles. The number of ether oxygens (including phenoxy) is 1. The fraction of sp³-hybridized carbons (Fsp3) is 0.167. The Bertz CT molecular complexity index is 729. The Balaban J connectivity index is 2.19. The van der Waals surface area contributed by atoms with Crippen LogP contribution in [0.15, 0.2) is 103 Å². The number of nitrogens with two attached hydrogens (primary N) is 1. The first-order chi connectivity index (χ1) is 12.8. The second-order valence-electron chi connectivity index (χ2n) is 6.35. The van der Waals surface area contributed by atoms with E-state index < -0.39 is 5.60 Å². The molecule has 0 aromatic heterocycles. The van der Waals surface area contributed by atoms with Gasteiger partial charge in [0.05, 0.1) is 6.61 Å². The van der Waals surface area contributed by atoms with E-state index in [-0.39, 0.29) is 0 Å². The molecule has 0 atom stereocenters. The lowest BCUT2D eigenvalue weighted by Crippen LogP contribution is -2.33. The van der Waals surface area contributed by atoms with Crippen LogP contribution in [-0.2, 0) is 10.3 Å². The van der Waals surface area contributed by atoms with Crippen LogP contribution in [0.2, 0.25) is 0 Å². The normalized spacial score (nSPS) is 12.2. The second-order valence-corrected chi connectivity index (χ2v) is 6.35. The highest BCUT2D eigenvalue weighted by Gasteiger charge is 2.37. The molecule has 2 N–H and O–H groups in total. The largest absolute Gasteiger partial charge is 0.357 e. The van der Waals surface area contributed by atoms with Crippen molar-refractivity contribution < 1.29 is 4.74 Å². The number of hydrogen-bond acceptors (Lipinski definition) is 2. The third-order valence-electron chi connectivity index (χ3n) is 4.52. The third-order valence-corrected chi connectivity index (χ3v) is 4.52. The van der Waals surface area contributed by atoms with Crippen molar-refractivity contribution >= 4 is 0 Å². The summed E-state index contributed by atoms with van der Waals surface area (Å²) >= 11 is 0. The molecule has 0 aliphatic rings. The molecule has 0 bridgehead atoms. The highest BCUT2D eigenvalue weighted by Crippen LogP contribution is 2.40. The van der Waals surface area contributed by atoms with Crippen LogP contribution in [0.3, 0.4) is 0 Å². The van der Waals surface area contributed by atoms with Gasteiger partial charge in [-0.3, -0.25) is 0 Å². The van der Waals surface area contributed by atoms with Crippen molar-refractivity contribution in [1.29, 1.82) is 0 Å². The zero-order valence-corrected chi connectivity index (χ0v) is 15.1. The minimum absolute atomic E-state index is 0.510. The summed E-state index contributed by atoms with van der Waals surface area (Å²) in [5.74, 6) is 0. The van der Waals surface area contributed by atoms with Crippen LogP contribution in [-0.4, -0.2) is 13.2 Å². The van der Waals surface area contributed by atoms with Crippen LogP contribution in [0.1, 0.15) is 23.6 Å². The second kappa shape index (κ2) is 8.61. The van der Waals surface area contributed by atoms with Crippen molar-refractivity contribution in [3.05, 3.63) is 119 Å². The average molecular weight is 343 g/mol. The Kier molecular flexibility index (Phi) is 6.00. The van der Waals surface area contributed by atoms with E-state index >= 15 is 0 Å². The monoisotopic (exact) mass is 343 g/mol. The van der Waals surface area contributed by atoms with Gasteiger partial charge in [0.25, 0.3) is 0 Å². The van der Waals surface area contributed by atoms with Gasteiger partial charge in [0.15, 0.2) is 0 Å². The summed E-state index contributed by atoms with van der Waals surface area (Å²) in [5, 5.41) is 0. The number of rotatable bonds is 7. The number of hydrogen-bond donors (Lipinski definition) is 1. The van der Waals surface area contributed by atoms with Gasteiger partial charge in [0.2, 0.25) is 0 Å². The van der Waals surface area contributed by atoms with E-state index in [1.807, 2.05) is 24.3 Å². The van der Waals surface area contributed by atoms with E-state index in [9.17, 15) is 0 Å². The SMILES string of the molecule is C/C(=C\CN)COC(c1ccccc1)(c1ccccc1)c1ccccc1. The summed E-state index contributed by atoms with van der Waals surface area (Å²) < 4.78 is 6.68. The summed E-state index contributed by atoms with van der Waals surface area (Å²) in [4.78, 5) is 0. The molecule has 0 saturated heterocycles. The van der Waals surface area contributed by atoms with Crippen LogP contribution in [0.5, 0.6) is 0 Å². The van der Waals surface area contributed by atoms with E-state index in [2.05, 4.69) is 79.7 Å². The maximum Gasteiger partial charge on any atom is 0.144 e. The molecule has 0 aliphatic carbocycles. The highest BCUT2D eigenvalue weighted by atomic mass is 16.5. The van der Waals surface area contributed by atoms with E-state index in [0.29, 0.717) is 13.2 Å². The van der Waals surface area contributed by atoms with E-state index in [1.54, 1.807) is 0 Å². The first-order valence-corrected chi connectivity index (χ1v) is 8.93. The highest BCUT2D eigenvalue weighted by molar-refractivity contribution is 5.47. The molecular weight excluding hydrogens is 318 g/mol. The van der Waals surface area contributed by atoms with Crippen LogP contribution < -0.4 is 5.73 Å². The quantitative estimate of drug-likeness (QED) is 0.489. The predicted molar refractivity (Wildman–Crippen MR) is 108 cm³/mol. The van der Waals surface area contributed by atoms with Gasteiger partial charge < -0.3 is 10.5 Å². The van der Waals surface area contributed by atoms with Crippen LogP contribution in [0.4, 0.5) is 0 Å². The molecule has 0 radical (unpaired) electrons. The molecule has 26 heavy (non-hydrogen) atoms. The van der Waals surface area contributed by atoms with Crippen LogP contribution in [0, 0.1) is 0 Å². The minimum Gasteiger partial charge on any atom is -0.357 e. The van der Waals surface area contributed by atoms with Gasteiger partial charge in [-0.05, 0) is 23.6 Å². The molecule has 3 rings (SSSR count). The summed E-state index contributed by atoms with van der Waals surface area (Å²) in [6.45, 7) is 3.08. The molecule has 0 amide bonds. The first kappa shape index (κ1) is 18.1. The molecule has 132 valence electrons. The average Bonchev–Trinajstić information content (AvgIpc) is 2.71. The molecule has 0 spiro atoms. The van der Waals surface area contributed by atoms with E-state index in [4.69, 9.17) is 10.5 Å². The topological polar surface area (TPSA) is 35.2 Å². The van der Waals surface area contributed by atoms with Gasteiger partial charge in [-0.2, -0.15) is 0 Å². The van der Waals surface area contributed by atoms with Crippen LogP contribution >= 0.6 is 0 Å². The van der Waals surface area contributed by atoms with Gasteiger partial charge in [-0.1, -0.05) is 103 Å². The first-order valence-electron chi connectivity index (χ1n) is 8.93. The molecule has 0 heterocycles. The molecule has 3 aromatic rings. The zero-order valence-electron chi connectivity index (χ0n) is 15.1. The summed E-state index contributed by atoms with van der Waals surface area (Å²) in [6.07, 6.45) is 2.01. The van der Waals surface area contributed by atoms with Crippen LogP contribution in [0.25, 0.3) is 0 Å². The molecule has 2 nitrogen and oxygen atoms in total. The molecule has 0 unspecified atom stereocenters. The van der Waals surface area contributed by atoms with Crippen molar-refractivity contribution in [2.45, 2.75) is 12.5 Å². The van der Waals surface area contributed by atoms with E-state index in [0.717, 1.165) is 22.3 Å². The van der Waals surface area contributed by atoms with Crippen molar-refractivity contribution in [3.63, 3.8) is 0 Å². The lowest BCUT2D eigenvalue weighted by molar-refractivity contribution is 0.0278. The molecule has 0 fully saturated rings. The smallest absolute Gasteiger partial charge is 0.144 e. The van der Waals surface area contributed by atoms with Gasteiger partial charge in [-0.15, -0.1) is 0 Å².